The molecule has 0 aliphatic carbocycles. The number of allylic oxidation sites excluding steroid dienone is 32. The Bertz CT molecular complexity index is 2850. The van der Waals surface area contributed by atoms with Gasteiger partial charge in [-0.1, -0.05) is 293 Å². The first-order valence-corrected chi connectivity index (χ1v) is 44.7. The van der Waals surface area contributed by atoms with E-state index in [0.717, 1.165) is 212 Å². The van der Waals surface area contributed by atoms with Gasteiger partial charge in [0, 0.05) is 25.7 Å². The third-order valence-corrected chi connectivity index (χ3v) is 18.4. The van der Waals surface area contributed by atoms with Gasteiger partial charge in [0.25, 0.3) is 0 Å². The lowest BCUT2D eigenvalue weighted by Crippen LogP contribution is -2.30. The van der Waals surface area contributed by atoms with E-state index < -0.39 is 97.5 Å². The van der Waals surface area contributed by atoms with E-state index in [0.29, 0.717) is 32.1 Å². The summed E-state index contributed by atoms with van der Waals surface area (Å²) < 4.78 is 68.7. The first-order valence-electron chi connectivity index (χ1n) is 41.7. The highest BCUT2D eigenvalue weighted by molar-refractivity contribution is 7.47. The van der Waals surface area contributed by atoms with Crippen LogP contribution in [0.1, 0.15) is 297 Å². The number of phosphoric ester groups is 2. The minimum Gasteiger partial charge on any atom is -0.462 e. The molecule has 0 radical (unpaired) electrons. The predicted octanol–water partition coefficient (Wildman–Crippen LogP) is 24.9. The topological polar surface area (TPSA) is 237 Å². The lowest BCUT2D eigenvalue weighted by molar-refractivity contribution is -0.161. The summed E-state index contributed by atoms with van der Waals surface area (Å²) in [5.41, 5.74) is 0. The highest BCUT2D eigenvalue weighted by Gasteiger charge is 2.30. The number of hydrogen-bond acceptors (Lipinski definition) is 15. The Morgan fingerprint density at radius 3 is 0.718 bits per heavy atom. The van der Waals surface area contributed by atoms with E-state index in [4.69, 9.17) is 37.0 Å². The van der Waals surface area contributed by atoms with Crippen molar-refractivity contribution in [1.82, 2.24) is 0 Å². The summed E-state index contributed by atoms with van der Waals surface area (Å²) in [6.07, 6.45) is 99.7. The Morgan fingerprint density at radius 2 is 0.455 bits per heavy atom. The van der Waals surface area contributed by atoms with Crippen molar-refractivity contribution in [3.8, 4) is 0 Å². The molecule has 0 aromatic rings. The predicted molar refractivity (Wildman–Crippen MR) is 454 cm³/mol. The summed E-state index contributed by atoms with van der Waals surface area (Å²) in [6.45, 7) is 4.30. The Morgan fingerprint density at radius 1 is 0.255 bits per heavy atom. The Hall–Kier alpha value is -6.10. The van der Waals surface area contributed by atoms with E-state index in [1.807, 2.05) is 12.2 Å². The van der Waals surface area contributed by atoms with Crippen molar-refractivity contribution < 1.29 is 80.2 Å². The number of ether oxygens (including phenoxy) is 4. The largest absolute Gasteiger partial charge is 0.472 e. The SMILES string of the molecule is CC/C=C\C/C=C\C/C=C\C/C=C\C/C=C\CCCC(=O)OC(COC(=O)CCCCCCCC/C=C\C/C=C\C/C=C\C/C=C\CC)COP(=O)(O)OCC(O)COP(=O)(O)OCC(COC(=O)CCCCCC/C=C\C/C=C\C/C=C\C/C=C\CC)OC(=O)CCCCCCCCC/C=C\C/C=C\C/C=C\CC. The van der Waals surface area contributed by atoms with Gasteiger partial charge in [-0.15, -0.1) is 0 Å². The van der Waals surface area contributed by atoms with E-state index >= 15 is 0 Å². The molecule has 0 rings (SSSR count). The molecule has 17 nitrogen and oxygen atoms in total. The number of esters is 4. The molecule has 0 aromatic carbocycles. The van der Waals surface area contributed by atoms with Crippen molar-refractivity contribution in [3.05, 3.63) is 194 Å². The van der Waals surface area contributed by atoms with Gasteiger partial charge < -0.3 is 33.8 Å². The Kier molecular flexibility index (Phi) is 76.4. The number of rotatable bonds is 76. The molecular formula is C91H146O17P2. The minimum atomic E-state index is -5.01. The lowest BCUT2D eigenvalue weighted by atomic mass is 10.1. The first kappa shape index (κ1) is 104. The van der Waals surface area contributed by atoms with Gasteiger partial charge in [-0.25, -0.2) is 9.13 Å². The van der Waals surface area contributed by atoms with Gasteiger partial charge in [0.1, 0.15) is 19.3 Å². The second-order valence-corrected chi connectivity index (χ2v) is 29.8. The maximum absolute atomic E-state index is 13.1. The van der Waals surface area contributed by atoms with E-state index in [1.165, 1.54) is 0 Å². The number of hydrogen-bond donors (Lipinski definition) is 3. The molecule has 0 saturated carbocycles. The summed E-state index contributed by atoms with van der Waals surface area (Å²) in [4.78, 5) is 73.2. The zero-order valence-corrected chi connectivity index (χ0v) is 69.9. The number of carbonyl (C=O) groups excluding carboxylic acids is 4. The zero-order chi connectivity index (χ0) is 80.3. The maximum atomic E-state index is 13.1. The molecule has 0 saturated heterocycles. The molecule has 0 heterocycles. The molecule has 0 fully saturated rings. The number of aliphatic hydroxyl groups is 1. The second kappa shape index (κ2) is 80.9. The third-order valence-electron chi connectivity index (χ3n) is 16.5. The summed E-state index contributed by atoms with van der Waals surface area (Å²) in [5.74, 6) is -2.31. The molecule has 0 bridgehead atoms. The minimum absolute atomic E-state index is 0.00515. The van der Waals surface area contributed by atoms with E-state index in [9.17, 15) is 43.2 Å². The van der Waals surface area contributed by atoms with Gasteiger partial charge in [0.2, 0.25) is 0 Å². The monoisotopic (exact) mass is 1570 g/mol. The van der Waals surface area contributed by atoms with Crippen molar-refractivity contribution in [1.29, 1.82) is 0 Å². The van der Waals surface area contributed by atoms with E-state index in [-0.39, 0.29) is 25.7 Å². The standard InChI is InChI=1S/C91H146O17P2/c1-5-9-13-17-21-25-29-33-37-41-42-46-48-52-56-60-64-68-72-76-89(94)102-82-87(108-91(96)78-74-70-66-62-58-54-50-45-40-36-32-28-24-20-16-12-8-4)84-106-110(99,100)104-80-85(92)79-103-109(97,98)105-83-86(107-90(95)77-73-69-65-61-57-53-49-44-39-35-31-27-23-19-15-11-7-3)81-101-88(93)75-71-67-63-59-55-51-47-43-38-34-30-26-22-18-14-10-6-2/h9-16,21-28,33-40,42,46-47,50-51,54,62,66,85-87,92H,5-8,17-20,29-32,41,43-45,48-49,52-53,55-61,63-65,67-84H2,1-4H3,(H,97,98)(H,99,100)/b13-9-,14-10-,15-11-,16-12-,25-21-,26-22-,27-23-,28-24-,37-33-,38-34-,39-35-,40-36-,46-42-,51-47-,54-50-,66-62-. The number of phosphoric acid groups is 2. The van der Waals surface area contributed by atoms with Crippen LogP contribution in [0.2, 0.25) is 0 Å². The van der Waals surface area contributed by atoms with Gasteiger partial charge in [-0.3, -0.25) is 37.3 Å². The lowest BCUT2D eigenvalue weighted by Gasteiger charge is -2.21. The van der Waals surface area contributed by atoms with Crippen LogP contribution in [-0.4, -0.2) is 96.7 Å². The first-order chi connectivity index (χ1) is 53.7. The van der Waals surface area contributed by atoms with Crippen LogP contribution in [0.4, 0.5) is 0 Å². The smallest absolute Gasteiger partial charge is 0.462 e. The van der Waals surface area contributed by atoms with Crippen LogP contribution < -0.4 is 0 Å². The fourth-order valence-corrected chi connectivity index (χ4v) is 11.9. The molecule has 5 unspecified atom stereocenters. The van der Waals surface area contributed by atoms with Crippen LogP contribution >= 0.6 is 15.6 Å². The molecule has 0 amide bonds. The summed E-state index contributed by atoms with van der Waals surface area (Å²) in [7, 11) is -10.0. The van der Waals surface area contributed by atoms with Gasteiger partial charge in [0.05, 0.1) is 26.4 Å². The van der Waals surface area contributed by atoms with Gasteiger partial charge in [0.15, 0.2) is 12.2 Å². The molecule has 5 atom stereocenters. The van der Waals surface area contributed by atoms with E-state index in [1.54, 1.807) is 0 Å². The van der Waals surface area contributed by atoms with Gasteiger partial charge in [-0.05, 0) is 173 Å². The van der Waals surface area contributed by atoms with Crippen molar-refractivity contribution in [3.63, 3.8) is 0 Å². The normalized spacial score (nSPS) is 14.8. The fourth-order valence-electron chi connectivity index (χ4n) is 10.4. The molecule has 0 aromatic heterocycles. The molecule has 110 heavy (non-hydrogen) atoms. The molecule has 0 aliphatic heterocycles. The average Bonchev–Trinajstić information content (AvgIpc) is 0.900. The maximum Gasteiger partial charge on any atom is 0.472 e. The second-order valence-electron chi connectivity index (χ2n) is 26.9. The molecule has 0 spiro atoms. The third kappa shape index (κ3) is 80.0. The quantitative estimate of drug-likeness (QED) is 0.0169. The Balaban J connectivity index is 5.49. The van der Waals surface area contributed by atoms with E-state index in [2.05, 4.69) is 210 Å². The van der Waals surface area contributed by atoms with Crippen LogP contribution in [0.15, 0.2) is 194 Å². The van der Waals surface area contributed by atoms with Crippen molar-refractivity contribution >= 4 is 39.5 Å². The molecule has 19 heteroatoms. The highest BCUT2D eigenvalue weighted by atomic mass is 31.2. The molecule has 3 N–H and O–H groups in total. The van der Waals surface area contributed by atoms with Crippen LogP contribution in [0.5, 0.6) is 0 Å². The van der Waals surface area contributed by atoms with Gasteiger partial charge in [-0.2, -0.15) is 0 Å². The fraction of sp³-hybridized carbons (Fsp3) is 0.604. The van der Waals surface area contributed by atoms with Crippen molar-refractivity contribution in [2.24, 2.45) is 0 Å². The number of carbonyl (C=O) groups is 4. The molecular weight excluding hydrogens is 1430 g/mol. The summed E-state index contributed by atoms with van der Waals surface area (Å²) in [6, 6.07) is 0. The Labute approximate surface area is 666 Å². The number of unbranched alkanes of at least 4 members (excludes halogenated alkanes) is 18. The van der Waals surface area contributed by atoms with Gasteiger partial charge >= 0.3 is 39.5 Å². The highest BCUT2D eigenvalue weighted by Crippen LogP contribution is 2.45. The number of aliphatic hydroxyl groups excluding tert-OH is 1. The van der Waals surface area contributed by atoms with Crippen LogP contribution in [-0.2, 0) is 65.4 Å². The van der Waals surface area contributed by atoms with Crippen LogP contribution in [0, 0.1) is 0 Å². The average molecular weight is 1570 g/mol. The molecule has 622 valence electrons. The van der Waals surface area contributed by atoms with Crippen molar-refractivity contribution in [2.75, 3.05) is 39.6 Å². The van der Waals surface area contributed by atoms with Crippen LogP contribution in [0.25, 0.3) is 0 Å². The summed E-state index contributed by atoms with van der Waals surface area (Å²) >= 11 is 0. The van der Waals surface area contributed by atoms with Crippen molar-refractivity contribution in [2.45, 2.75) is 316 Å². The van der Waals surface area contributed by atoms with Crippen LogP contribution in [0.3, 0.4) is 0 Å². The zero-order valence-electron chi connectivity index (χ0n) is 68.1. The molecule has 0 aliphatic rings. The summed E-state index contributed by atoms with van der Waals surface area (Å²) in [5, 5.41) is 10.7.